The van der Waals surface area contributed by atoms with Crippen LogP contribution in [0.3, 0.4) is 0 Å². The quantitative estimate of drug-likeness (QED) is 0.854. The number of methoxy groups -OCH3 is 1. The van der Waals surface area contributed by atoms with Gasteiger partial charge in [0, 0.05) is 13.2 Å². The van der Waals surface area contributed by atoms with Crippen LogP contribution in [0.25, 0.3) is 0 Å². The molecule has 0 saturated carbocycles. The Hall–Kier alpha value is -2.15. The van der Waals surface area contributed by atoms with Crippen molar-refractivity contribution in [3.63, 3.8) is 0 Å². The van der Waals surface area contributed by atoms with E-state index in [1.54, 1.807) is 30.8 Å². The minimum absolute atomic E-state index is 0.293. The van der Waals surface area contributed by atoms with Crippen molar-refractivity contribution in [1.82, 2.24) is 9.78 Å². The number of nitrogens with zero attached hydrogens (tertiary/aromatic N) is 2. The lowest BCUT2D eigenvalue weighted by Gasteiger charge is -2.03. The lowest BCUT2D eigenvalue weighted by molar-refractivity contribution is 0.0602. The molecule has 0 aliphatic heterocycles. The first-order valence-corrected chi connectivity index (χ1v) is 5.96. The van der Waals surface area contributed by atoms with E-state index in [-0.39, 0.29) is 5.91 Å². The first kappa shape index (κ1) is 12.3. The highest BCUT2D eigenvalue weighted by Crippen LogP contribution is 2.24. The van der Waals surface area contributed by atoms with E-state index in [1.165, 1.54) is 23.1 Å². The Morgan fingerprint density at radius 1 is 1.44 bits per heavy atom. The number of carbonyl (C=O) groups excluding carboxylic acids is 2. The number of amides is 1. The van der Waals surface area contributed by atoms with Crippen LogP contribution in [0.2, 0.25) is 0 Å². The fraction of sp³-hybridized carbons (Fsp3) is 0.182. The summed E-state index contributed by atoms with van der Waals surface area (Å²) in [6.07, 6.45) is 1.67. The molecule has 94 valence electrons. The van der Waals surface area contributed by atoms with Gasteiger partial charge >= 0.3 is 5.97 Å². The molecule has 1 N–H and O–H groups in total. The number of hydrogen-bond donors (Lipinski definition) is 1. The number of esters is 1. The summed E-state index contributed by atoms with van der Waals surface area (Å²) in [6, 6.07) is 3.20. The highest BCUT2D eigenvalue weighted by Gasteiger charge is 2.17. The van der Waals surface area contributed by atoms with Crippen LogP contribution in [0.4, 0.5) is 5.00 Å². The number of ether oxygens (including phenoxy) is 1. The third-order valence-electron chi connectivity index (χ3n) is 2.24. The Bertz CT molecular complexity index is 588. The van der Waals surface area contributed by atoms with Gasteiger partial charge in [-0.3, -0.25) is 9.48 Å². The minimum Gasteiger partial charge on any atom is -0.465 e. The molecule has 0 aliphatic rings. The monoisotopic (exact) mass is 265 g/mol. The van der Waals surface area contributed by atoms with E-state index in [9.17, 15) is 9.59 Å². The summed E-state index contributed by atoms with van der Waals surface area (Å²) in [4.78, 5) is 23.3. The predicted molar refractivity (Wildman–Crippen MR) is 66.8 cm³/mol. The van der Waals surface area contributed by atoms with Gasteiger partial charge in [-0.25, -0.2) is 4.79 Å². The molecule has 6 nitrogen and oxygen atoms in total. The van der Waals surface area contributed by atoms with Crippen molar-refractivity contribution in [3.8, 4) is 0 Å². The number of aryl methyl sites for hydroxylation is 1. The Morgan fingerprint density at radius 3 is 2.83 bits per heavy atom. The number of thiophene rings is 1. The van der Waals surface area contributed by atoms with Gasteiger partial charge in [0.1, 0.15) is 5.00 Å². The zero-order valence-corrected chi connectivity index (χ0v) is 10.7. The van der Waals surface area contributed by atoms with Gasteiger partial charge in [0.2, 0.25) is 0 Å². The smallest absolute Gasteiger partial charge is 0.340 e. The zero-order chi connectivity index (χ0) is 13.1. The van der Waals surface area contributed by atoms with Crippen molar-refractivity contribution in [1.29, 1.82) is 0 Å². The molecular weight excluding hydrogens is 254 g/mol. The molecule has 0 aliphatic carbocycles. The SMILES string of the molecule is COC(=O)c1ccsc1NC(=O)c1ccn(C)n1. The minimum atomic E-state index is -0.479. The van der Waals surface area contributed by atoms with Gasteiger partial charge in [-0.15, -0.1) is 11.3 Å². The molecular formula is C11H11N3O3S. The van der Waals surface area contributed by atoms with Gasteiger partial charge in [0.25, 0.3) is 5.91 Å². The summed E-state index contributed by atoms with van der Waals surface area (Å²) in [5.41, 5.74) is 0.633. The van der Waals surface area contributed by atoms with Gasteiger partial charge < -0.3 is 10.1 Å². The first-order chi connectivity index (χ1) is 8.61. The standard InChI is InChI=1S/C11H11N3O3S/c1-14-5-3-8(13-14)9(15)12-10-7(4-6-18-10)11(16)17-2/h3-6H,1-2H3,(H,12,15). The summed E-state index contributed by atoms with van der Waals surface area (Å²) in [6.45, 7) is 0. The topological polar surface area (TPSA) is 73.2 Å². The molecule has 1 amide bonds. The molecule has 0 fully saturated rings. The van der Waals surface area contributed by atoms with Crippen LogP contribution < -0.4 is 5.32 Å². The average Bonchev–Trinajstić information content (AvgIpc) is 2.97. The van der Waals surface area contributed by atoms with Crippen molar-refractivity contribution in [3.05, 3.63) is 35.0 Å². The van der Waals surface area contributed by atoms with Crippen LogP contribution in [0, 0.1) is 0 Å². The van der Waals surface area contributed by atoms with E-state index in [0.717, 1.165) is 0 Å². The molecule has 0 saturated heterocycles. The summed E-state index contributed by atoms with van der Waals surface area (Å²) in [7, 11) is 3.02. The van der Waals surface area contributed by atoms with Crippen molar-refractivity contribution in [2.24, 2.45) is 7.05 Å². The maximum atomic E-state index is 11.9. The molecule has 7 heteroatoms. The maximum absolute atomic E-state index is 11.9. The molecule has 0 bridgehead atoms. The second-order valence-electron chi connectivity index (χ2n) is 3.48. The van der Waals surface area contributed by atoms with Gasteiger partial charge in [-0.05, 0) is 17.5 Å². The van der Waals surface area contributed by atoms with Crippen LogP contribution in [-0.2, 0) is 11.8 Å². The summed E-state index contributed by atoms with van der Waals surface area (Å²) < 4.78 is 6.16. The molecule has 18 heavy (non-hydrogen) atoms. The number of nitrogens with one attached hydrogen (secondary N) is 1. The Labute approximate surface area is 107 Å². The molecule has 2 heterocycles. The zero-order valence-electron chi connectivity index (χ0n) is 9.84. The van der Waals surface area contributed by atoms with E-state index < -0.39 is 5.97 Å². The number of anilines is 1. The van der Waals surface area contributed by atoms with Crippen LogP contribution in [0.5, 0.6) is 0 Å². The van der Waals surface area contributed by atoms with Crippen LogP contribution in [0.1, 0.15) is 20.8 Å². The van der Waals surface area contributed by atoms with Gasteiger partial charge in [-0.1, -0.05) is 0 Å². The van der Waals surface area contributed by atoms with Gasteiger partial charge in [0.05, 0.1) is 12.7 Å². The van der Waals surface area contributed by atoms with Crippen LogP contribution >= 0.6 is 11.3 Å². The second kappa shape index (κ2) is 5.01. The maximum Gasteiger partial charge on any atom is 0.340 e. The normalized spacial score (nSPS) is 10.1. The number of rotatable bonds is 3. The largest absolute Gasteiger partial charge is 0.465 e. The molecule has 0 aromatic carbocycles. The van der Waals surface area contributed by atoms with E-state index in [1.807, 2.05) is 0 Å². The van der Waals surface area contributed by atoms with Crippen LogP contribution in [-0.4, -0.2) is 28.8 Å². The average molecular weight is 265 g/mol. The van der Waals surface area contributed by atoms with Crippen LogP contribution in [0.15, 0.2) is 23.7 Å². The highest BCUT2D eigenvalue weighted by atomic mass is 32.1. The van der Waals surface area contributed by atoms with Gasteiger partial charge in [0.15, 0.2) is 5.69 Å². The number of aromatic nitrogens is 2. The van der Waals surface area contributed by atoms with Gasteiger partial charge in [-0.2, -0.15) is 5.10 Å². The number of carbonyl (C=O) groups is 2. The molecule has 0 radical (unpaired) electrons. The second-order valence-corrected chi connectivity index (χ2v) is 4.40. The molecule has 2 aromatic rings. The summed E-state index contributed by atoms with van der Waals surface area (Å²) >= 11 is 1.26. The Balaban J connectivity index is 2.17. The van der Waals surface area contributed by atoms with E-state index >= 15 is 0 Å². The molecule has 0 unspecified atom stereocenters. The number of hydrogen-bond acceptors (Lipinski definition) is 5. The van der Waals surface area contributed by atoms with E-state index in [0.29, 0.717) is 16.3 Å². The summed E-state index contributed by atoms with van der Waals surface area (Å²) in [5, 5.41) is 8.78. The fourth-order valence-corrected chi connectivity index (χ4v) is 2.15. The molecule has 2 rings (SSSR count). The predicted octanol–water partition coefficient (Wildman–Crippen LogP) is 1.52. The van der Waals surface area contributed by atoms with E-state index in [2.05, 4.69) is 15.2 Å². The first-order valence-electron chi connectivity index (χ1n) is 5.08. The molecule has 0 spiro atoms. The van der Waals surface area contributed by atoms with Crippen molar-refractivity contribution in [2.45, 2.75) is 0 Å². The van der Waals surface area contributed by atoms with Crippen molar-refractivity contribution < 1.29 is 14.3 Å². The molecule has 0 atom stereocenters. The fourth-order valence-electron chi connectivity index (χ4n) is 1.38. The third kappa shape index (κ3) is 2.40. The Kier molecular flexibility index (Phi) is 3.42. The van der Waals surface area contributed by atoms with Crippen molar-refractivity contribution in [2.75, 3.05) is 12.4 Å². The van der Waals surface area contributed by atoms with E-state index in [4.69, 9.17) is 0 Å². The lowest BCUT2D eigenvalue weighted by Crippen LogP contribution is -2.14. The Morgan fingerprint density at radius 2 is 2.22 bits per heavy atom. The summed E-state index contributed by atoms with van der Waals surface area (Å²) in [5.74, 6) is -0.837. The third-order valence-corrected chi connectivity index (χ3v) is 3.07. The van der Waals surface area contributed by atoms with Crippen molar-refractivity contribution >= 4 is 28.2 Å². The molecule has 2 aromatic heterocycles. The highest BCUT2D eigenvalue weighted by molar-refractivity contribution is 7.14. The lowest BCUT2D eigenvalue weighted by atomic mass is 10.3.